The largest absolute Gasteiger partial charge is 0.318 e. The van der Waals surface area contributed by atoms with E-state index >= 15 is 0 Å². The van der Waals surface area contributed by atoms with Gasteiger partial charge >= 0.3 is 11.8 Å². The molecule has 2 N–H and O–H groups in total. The third-order valence-electron chi connectivity index (χ3n) is 2.50. The van der Waals surface area contributed by atoms with E-state index < -0.39 is 11.8 Å². The number of hydrogen-bond acceptors (Lipinski definition) is 2. The Morgan fingerprint density at radius 2 is 1.15 bits per heavy atom. The molecule has 0 atom stereocenters. The highest BCUT2D eigenvalue weighted by Gasteiger charge is 2.13. The monoisotopic (exact) mass is 260 g/mol. The number of anilines is 2. The zero-order valence-electron chi connectivity index (χ0n) is 10.6. The molecule has 2 aromatic rings. The van der Waals surface area contributed by atoms with Crippen LogP contribution in [0.25, 0.3) is 0 Å². The Morgan fingerprint density at radius 3 is 1.50 bits per heavy atom. The summed E-state index contributed by atoms with van der Waals surface area (Å²) in [7, 11) is 11.2. The number of hydrogen-bond donors (Lipinski definition) is 2. The van der Waals surface area contributed by atoms with Crippen LogP contribution in [0.4, 0.5) is 11.4 Å². The Balaban J connectivity index is 2.01. The van der Waals surface area contributed by atoms with Crippen LogP contribution in [-0.4, -0.2) is 27.5 Å². The Labute approximate surface area is 119 Å². The van der Waals surface area contributed by atoms with Crippen molar-refractivity contribution in [1.82, 2.24) is 0 Å². The van der Waals surface area contributed by atoms with Gasteiger partial charge in [-0.1, -0.05) is 35.2 Å². The van der Waals surface area contributed by atoms with Gasteiger partial charge in [-0.25, -0.2) is 0 Å². The van der Waals surface area contributed by atoms with E-state index in [-0.39, 0.29) is 0 Å². The van der Waals surface area contributed by atoms with Gasteiger partial charge in [0.1, 0.15) is 15.7 Å². The van der Waals surface area contributed by atoms with Crippen LogP contribution in [0.5, 0.6) is 0 Å². The number of rotatable bonds is 2. The van der Waals surface area contributed by atoms with E-state index in [1.54, 1.807) is 48.5 Å². The molecule has 0 aliphatic carbocycles. The van der Waals surface area contributed by atoms with Crippen LogP contribution in [0.3, 0.4) is 0 Å². The summed E-state index contributed by atoms with van der Waals surface area (Å²) in [5, 5.41) is 4.91. The minimum absolute atomic E-state index is 0.456. The van der Waals surface area contributed by atoms with E-state index in [1.165, 1.54) is 0 Å². The molecule has 6 heteroatoms. The first-order valence-corrected chi connectivity index (χ1v) is 5.88. The zero-order valence-corrected chi connectivity index (χ0v) is 10.6. The average molecular weight is 260 g/mol. The Bertz CT molecular complexity index is 602. The van der Waals surface area contributed by atoms with Crippen LogP contribution < -0.4 is 21.6 Å². The third-order valence-corrected chi connectivity index (χ3v) is 2.50. The number of nitrogens with one attached hydrogen (secondary N) is 2. The van der Waals surface area contributed by atoms with E-state index in [4.69, 9.17) is 15.7 Å². The maximum absolute atomic E-state index is 11.7. The van der Waals surface area contributed by atoms with Crippen LogP contribution >= 0.6 is 0 Å². The minimum atomic E-state index is -0.780. The lowest BCUT2D eigenvalue weighted by molar-refractivity contribution is -0.132. The van der Waals surface area contributed by atoms with Gasteiger partial charge in [0.25, 0.3) is 0 Å². The summed E-state index contributed by atoms with van der Waals surface area (Å²) in [6.07, 6.45) is 0. The first-order chi connectivity index (χ1) is 9.54. The highest BCUT2D eigenvalue weighted by Crippen LogP contribution is 2.05. The normalized spacial score (nSPS) is 9.80. The third kappa shape index (κ3) is 3.75. The second-order valence-corrected chi connectivity index (χ2v) is 4.16. The second kappa shape index (κ2) is 6.10. The maximum atomic E-state index is 11.7. The summed E-state index contributed by atoms with van der Waals surface area (Å²) in [6, 6.07) is 13.1. The SMILES string of the molecule is [B]c1cccc(NC(=O)C(=O)Nc2cccc([B])c2)c1. The van der Waals surface area contributed by atoms with Crippen molar-refractivity contribution in [3.63, 3.8) is 0 Å². The molecule has 0 unspecified atom stereocenters. The number of benzene rings is 2. The molecule has 0 aromatic heterocycles. The quantitative estimate of drug-likeness (QED) is 0.582. The molecule has 4 radical (unpaired) electrons. The average Bonchev–Trinajstić information content (AvgIpc) is 2.38. The molecule has 2 rings (SSSR count). The maximum Gasteiger partial charge on any atom is 0.314 e. The smallest absolute Gasteiger partial charge is 0.314 e. The van der Waals surface area contributed by atoms with Gasteiger partial charge in [-0.2, -0.15) is 0 Å². The highest BCUT2D eigenvalue weighted by molar-refractivity contribution is 6.44. The van der Waals surface area contributed by atoms with Crippen LogP contribution in [-0.2, 0) is 9.59 Å². The van der Waals surface area contributed by atoms with Gasteiger partial charge in [0.15, 0.2) is 0 Å². The Morgan fingerprint density at radius 1 is 0.750 bits per heavy atom. The molecule has 0 fully saturated rings. The minimum Gasteiger partial charge on any atom is -0.318 e. The first kappa shape index (κ1) is 13.9. The van der Waals surface area contributed by atoms with Gasteiger partial charge in [0, 0.05) is 11.4 Å². The highest BCUT2D eigenvalue weighted by atomic mass is 16.2. The van der Waals surface area contributed by atoms with E-state index in [1.807, 2.05) is 0 Å². The molecule has 0 aliphatic heterocycles. The molecular weight excluding hydrogens is 250 g/mol. The van der Waals surface area contributed by atoms with Crippen molar-refractivity contribution in [3.8, 4) is 0 Å². The van der Waals surface area contributed by atoms with Gasteiger partial charge < -0.3 is 10.6 Å². The molecule has 0 bridgehead atoms. The number of amides is 2. The summed E-state index contributed by atoms with van der Waals surface area (Å²) in [6.45, 7) is 0. The summed E-state index contributed by atoms with van der Waals surface area (Å²) in [5.74, 6) is -1.56. The fourth-order valence-corrected chi connectivity index (χ4v) is 1.61. The van der Waals surface area contributed by atoms with Crippen LogP contribution in [0.15, 0.2) is 48.5 Å². The summed E-state index contributed by atoms with van der Waals surface area (Å²) >= 11 is 0. The molecule has 94 valence electrons. The Hall–Kier alpha value is -2.49. The fraction of sp³-hybridized carbons (Fsp3) is 0. The van der Waals surface area contributed by atoms with Gasteiger partial charge in [0.2, 0.25) is 0 Å². The van der Waals surface area contributed by atoms with Crippen molar-refractivity contribution in [2.45, 2.75) is 0 Å². The van der Waals surface area contributed by atoms with E-state index in [9.17, 15) is 9.59 Å². The van der Waals surface area contributed by atoms with Crippen molar-refractivity contribution < 1.29 is 9.59 Å². The summed E-state index contributed by atoms with van der Waals surface area (Å²) < 4.78 is 0. The lowest BCUT2D eigenvalue weighted by atomic mass is 9.96. The molecule has 0 saturated carbocycles. The van der Waals surface area contributed by atoms with Crippen LogP contribution in [0.1, 0.15) is 0 Å². The van der Waals surface area contributed by atoms with Crippen molar-refractivity contribution in [2.24, 2.45) is 0 Å². The standard InChI is InChI=1S/C14H10B2N2O2/c15-9-3-1-5-11(7-9)17-13(19)14(20)18-12-6-2-4-10(16)8-12/h1-8H,(H,17,19)(H,18,20). The molecule has 0 heterocycles. The second-order valence-electron chi connectivity index (χ2n) is 4.16. The molecule has 0 saturated heterocycles. The molecular formula is C14H10B2N2O2. The lowest BCUT2D eigenvalue weighted by Crippen LogP contribution is -2.29. The van der Waals surface area contributed by atoms with Crippen molar-refractivity contribution in [1.29, 1.82) is 0 Å². The predicted octanol–water partition coefficient (Wildman–Crippen LogP) is -0.149. The van der Waals surface area contributed by atoms with Crippen molar-refractivity contribution >= 4 is 49.8 Å². The number of carbonyl (C=O) groups is 2. The van der Waals surface area contributed by atoms with Gasteiger partial charge in [0.05, 0.1) is 0 Å². The molecule has 2 amide bonds. The first-order valence-electron chi connectivity index (χ1n) is 5.88. The van der Waals surface area contributed by atoms with E-state index in [2.05, 4.69) is 10.6 Å². The van der Waals surface area contributed by atoms with Crippen LogP contribution in [0, 0.1) is 0 Å². The van der Waals surface area contributed by atoms with Crippen molar-refractivity contribution in [3.05, 3.63) is 48.5 Å². The molecule has 0 aliphatic rings. The van der Waals surface area contributed by atoms with Gasteiger partial charge in [-0.3, -0.25) is 9.59 Å². The predicted molar refractivity (Wildman–Crippen MR) is 80.9 cm³/mol. The summed E-state index contributed by atoms with van der Waals surface area (Å²) in [5.41, 5.74) is 1.91. The van der Waals surface area contributed by atoms with Crippen LogP contribution in [0.2, 0.25) is 0 Å². The Kier molecular flexibility index (Phi) is 4.25. The van der Waals surface area contributed by atoms with Gasteiger partial charge in [-0.15, -0.1) is 0 Å². The zero-order chi connectivity index (χ0) is 14.5. The molecule has 20 heavy (non-hydrogen) atoms. The van der Waals surface area contributed by atoms with Crippen molar-refractivity contribution in [2.75, 3.05) is 10.6 Å². The molecule has 4 nitrogen and oxygen atoms in total. The molecule has 0 spiro atoms. The lowest BCUT2D eigenvalue weighted by Gasteiger charge is -2.07. The van der Waals surface area contributed by atoms with E-state index in [0.29, 0.717) is 22.3 Å². The molecule has 2 aromatic carbocycles. The number of carbonyl (C=O) groups excluding carboxylic acids is 2. The fourth-order valence-electron chi connectivity index (χ4n) is 1.61. The topological polar surface area (TPSA) is 58.2 Å². The summed E-state index contributed by atoms with van der Waals surface area (Å²) in [4.78, 5) is 23.4. The van der Waals surface area contributed by atoms with E-state index in [0.717, 1.165) is 0 Å². The van der Waals surface area contributed by atoms with Gasteiger partial charge in [-0.05, 0) is 24.3 Å².